The minimum absolute atomic E-state index is 0.0343. The summed E-state index contributed by atoms with van der Waals surface area (Å²) >= 11 is 0. The zero-order valence-corrected chi connectivity index (χ0v) is 8.43. The van der Waals surface area contributed by atoms with E-state index in [2.05, 4.69) is 29.2 Å². The number of nitrogens with two attached hydrogens (primary N) is 1. The Morgan fingerprint density at radius 3 is 2.47 bits per heavy atom. The molecule has 1 heterocycles. The lowest BCUT2D eigenvalue weighted by atomic mass is 10.1. The largest absolute Gasteiger partial charge is 0.321 e. The van der Waals surface area contributed by atoms with Crippen LogP contribution in [0.5, 0.6) is 0 Å². The van der Waals surface area contributed by atoms with E-state index in [1.807, 2.05) is 10.8 Å². The second-order valence-corrected chi connectivity index (χ2v) is 4.17. The molecule has 15 heavy (non-hydrogen) atoms. The number of imidazole rings is 1. The van der Waals surface area contributed by atoms with Gasteiger partial charge < -0.3 is 10.3 Å². The van der Waals surface area contributed by atoms with Crippen molar-refractivity contribution in [1.29, 1.82) is 0 Å². The second kappa shape index (κ2) is 2.94. The third kappa shape index (κ3) is 1.45. The third-order valence-corrected chi connectivity index (χ3v) is 3.03. The van der Waals surface area contributed by atoms with E-state index >= 15 is 0 Å². The highest BCUT2D eigenvalue weighted by Gasteiger charge is 2.39. The molecular formula is C12H13N3. The smallest absolute Gasteiger partial charge is 0.0991 e. The average molecular weight is 199 g/mol. The molecule has 0 bridgehead atoms. The van der Waals surface area contributed by atoms with Crippen LogP contribution in [0.3, 0.4) is 0 Å². The van der Waals surface area contributed by atoms with Crippen LogP contribution < -0.4 is 5.73 Å². The van der Waals surface area contributed by atoms with E-state index in [1.54, 1.807) is 12.5 Å². The van der Waals surface area contributed by atoms with Crippen molar-refractivity contribution in [1.82, 2.24) is 9.55 Å². The van der Waals surface area contributed by atoms with Crippen LogP contribution in [0.15, 0.2) is 43.0 Å². The summed E-state index contributed by atoms with van der Waals surface area (Å²) in [4.78, 5) is 4.02. The van der Waals surface area contributed by atoms with Crippen LogP contribution in [0.2, 0.25) is 0 Å². The first-order valence-corrected chi connectivity index (χ1v) is 5.16. The van der Waals surface area contributed by atoms with Crippen LogP contribution in [-0.4, -0.2) is 9.55 Å². The first-order chi connectivity index (χ1) is 7.28. The van der Waals surface area contributed by atoms with Crippen molar-refractivity contribution >= 4 is 0 Å². The van der Waals surface area contributed by atoms with Gasteiger partial charge in [0.1, 0.15) is 0 Å². The van der Waals surface area contributed by atoms with E-state index in [4.69, 9.17) is 5.73 Å². The molecule has 76 valence electrons. The van der Waals surface area contributed by atoms with Gasteiger partial charge in [0.05, 0.1) is 6.33 Å². The van der Waals surface area contributed by atoms with Crippen LogP contribution in [0.4, 0.5) is 0 Å². The molecule has 0 aliphatic heterocycles. The van der Waals surface area contributed by atoms with E-state index in [0.29, 0.717) is 0 Å². The summed E-state index contributed by atoms with van der Waals surface area (Å²) in [5.74, 6) is 0. The molecule has 3 nitrogen and oxygen atoms in total. The lowest BCUT2D eigenvalue weighted by molar-refractivity contribution is 0.739. The van der Waals surface area contributed by atoms with Gasteiger partial charge in [-0.1, -0.05) is 12.1 Å². The molecule has 0 radical (unpaired) electrons. The lowest BCUT2D eigenvalue weighted by Gasteiger charge is -2.09. The number of nitrogens with zero attached hydrogens (tertiary/aromatic N) is 2. The highest BCUT2D eigenvalue weighted by atomic mass is 15.0. The topological polar surface area (TPSA) is 43.8 Å². The van der Waals surface area contributed by atoms with Crippen molar-refractivity contribution in [3.8, 4) is 5.69 Å². The maximum atomic E-state index is 6.12. The summed E-state index contributed by atoms with van der Waals surface area (Å²) in [5, 5.41) is 0. The van der Waals surface area contributed by atoms with Crippen molar-refractivity contribution in [3.05, 3.63) is 48.5 Å². The van der Waals surface area contributed by atoms with Crippen molar-refractivity contribution in [2.75, 3.05) is 0 Å². The first-order valence-electron chi connectivity index (χ1n) is 5.16. The molecule has 3 rings (SSSR count). The minimum Gasteiger partial charge on any atom is -0.321 e. The third-order valence-electron chi connectivity index (χ3n) is 3.03. The second-order valence-electron chi connectivity index (χ2n) is 4.17. The van der Waals surface area contributed by atoms with E-state index < -0.39 is 0 Å². The highest BCUT2D eigenvalue weighted by Crippen LogP contribution is 2.42. The maximum absolute atomic E-state index is 6.12. The molecule has 0 atom stereocenters. The molecular weight excluding hydrogens is 186 g/mol. The van der Waals surface area contributed by atoms with Gasteiger partial charge in [-0.25, -0.2) is 4.98 Å². The van der Waals surface area contributed by atoms with Crippen LogP contribution >= 0.6 is 0 Å². The first kappa shape index (κ1) is 8.68. The van der Waals surface area contributed by atoms with Gasteiger partial charge >= 0.3 is 0 Å². The standard InChI is InChI=1S/C12H13N3/c13-12(5-6-12)10-1-3-11(4-2-10)15-8-7-14-9-15/h1-4,7-9H,5-6,13H2. The quantitative estimate of drug-likeness (QED) is 0.801. The van der Waals surface area contributed by atoms with Crippen molar-refractivity contribution in [3.63, 3.8) is 0 Å². The van der Waals surface area contributed by atoms with Gasteiger partial charge in [-0.3, -0.25) is 0 Å². The van der Waals surface area contributed by atoms with Gasteiger partial charge in [-0.05, 0) is 30.5 Å². The van der Waals surface area contributed by atoms with Crippen LogP contribution in [-0.2, 0) is 5.54 Å². The summed E-state index contributed by atoms with van der Waals surface area (Å²) in [7, 11) is 0. The molecule has 1 aromatic heterocycles. The minimum atomic E-state index is -0.0343. The van der Waals surface area contributed by atoms with Crippen LogP contribution in [0.1, 0.15) is 18.4 Å². The Balaban J connectivity index is 1.94. The normalized spacial score (nSPS) is 17.7. The Morgan fingerprint density at radius 2 is 1.93 bits per heavy atom. The predicted octanol–water partition coefficient (Wildman–Crippen LogP) is 1.82. The van der Waals surface area contributed by atoms with Gasteiger partial charge in [-0.15, -0.1) is 0 Å². The monoisotopic (exact) mass is 199 g/mol. The Bertz CT molecular complexity index is 452. The summed E-state index contributed by atoms with van der Waals surface area (Å²) in [6.07, 6.45) is 7.72. The number of rotatable bonds is 2. The molecule has 3 heteroatoms. The lowest BCUT2D eigenvalue weighted by Crippen LogP contribution is -2.18. The van der Waals surface area contributed by atoms with Gasteiger partial charge in [-0.2, -0.15) is 0 Å². The average Bonchev–Trinajstić information content (AvgIpc) is 2.84. The van der Waals surface area contributed by atoms with Crippen molar-refractivity contribution in [2.24, 2.45) is 5.73 Å². The molecule has 1 aliphatic rings. The molecule has 0 saturated heterocycles. The molecule has 2 aromatic rings. The number of hydrogen-bond acceptors (Lipinski definition) is 2. The molecule has 0 unspecified atom stereocenters. The fraction of sp³-hybridized carbons (Fsp3) is 0.250. The fourth-order valence-electron chi connectivity index (χ4n) is 1.80. The summed E-state index contributed by atoms with van der Waals surface area (Å²) in [6.45, 7) is 0. The zero-order valence-electron chi connectivity index (χ0n) is 8.43. The van der Waals surface area contributed by atoms with Gasteiger partial charge in [0.25, 0.3) is 0 Å². The van der Waals surface area contributed by atoms with Crippen molar-refractivity contribution in [2.45, 2.75) is 18.4 Å². The Kier molecular flexibility index (Phi) is 1.70. The van der Waals surface area contributed by atoms with E-state index in [9.17, 15) is 0 Å². The van der Waals surface area contributed by atoms with E-state index in [1.165, 1.54) is 5.56 Å². The summed E-state index contributed by atoms with van der Waals surface area (Å²) in [5.41, 5.74) is 8.45. The molecule has 1 fully saturated rings. The highest BCUT2D eigenvalue weighted by molar-refractivity contribution is 5.39. The van der Waals surface area contributed by atoms with E-state index in [0.717, 1.165) is 18.5 Å². The van der Waals surface area contributed by atoms with Crippen LogP contribution in [0, 0.1) is 0 Å². The van der Waals surface area contributed by atoms with Crippen molar-refractivity contribution < 1.29 is 0 Å². The fourth-order valence-corrected chi connectivity index (χ4v) is 1.80. The Labute approximate surface area is 88.6 Å². The number of benzene rings is 1. The summed E-state index contributed by atoms with van der Waals surface area (Å²) in [6, 6.07) is 8.40. The molecule has 1 aromatic carbocycles. The molecule has 0 amide bonds. The predicted molar refractivity (Wildman–Crippen MR) is 58.7 cm³/mol. The number of aromatic nitrogens is 2. The molecule has 1 aliphatic carbocycles. The maximum Gasteiger partial charge on any atom is 0.0991 e. The van der Waals surface area contributed by atoms with Gasteiger partial charge in [0, 0.05) is 23.6 Å². The summed E-state index contributed by atoms with van der Waals surface area (Å²) < 4.78 is 1.99. The number of hydrogen-bond donors (Lipinski definition) is 1. The Morgan fingerprint density at radius 1 is 1.20 bits per heavy atom. The SMILES string of the molecule is NC1(c2ccc(-n3ccnc3)cc2)CC1. The zero-order chi connectivity index (χ0) is 10.3. The van der Waals surface area contributed by atoms with Crippen LogP contribution in [0.25, 0.3) is 5.69 Å². The Hall–Kier alpha value is -1.61. The molecule has 0 spiro atoms. The van der Waals surface area contributed by atoms with Gasteiger partial charge in [0.15, 0.2) is 0 Å². The van der Waals surface area contributed by atoms with E-state index in [-0.39, 0.29) is 5.54 Å². The molecule has 2 N–H and O–H groups in total. The molecule has 1 saturated carbocycles. The van der Waals surface area contributed by atoms with Gasteiger partial charge in [0.2, 0.25) is 0 Å².